The zero-order valence-electron chi connectivity index (χ0n) is 9.54. The van der Waals surface area contributed by atoms with Gasteiger partial charge < -0.3 is 10.1 Å². The van der Waals surface area contributed by atoms with E-state index in [-0.39, 0.29) is 0 Å². The predicted octanol–water partition coefficient (Wildman–Crippen LogP) is 3.42. The second kappa shape index (κ2) is 6.15. The first-order valence-electron chi connectivity index (χ1n) is 5.81. The van der Waals surface area contributed by atoms with Crippen LogP contribution in [0.5, 0.6) is 0 Å². The first kappa shape index (κ1) is 12.6. The van der Waals surface area contributed by atoms with E-state index < -0.39 is 0 Å². The van der Waals surface area contributed by atoms with E-state index in [0.717, 1.165) is 25.7 Å². The third kappa shape index (κ3) is 3.55. The molecule has 1 atom stereocenters. The second-order valence-corrected chi connectivity index (χ2v) is 6.87. The van der Waals surface area contributed by atoms with Gasteiger partial charge in [-0.3, -0.25) is 0 Å². The number of hydrogen-bond acceptors (Lipinski definition) is 3. The normalized spacial score (nSPS) is 19.9. The first-order chi connectivity index (χ1) is 7.75. The lowest BCUT2D eigenvalue weighted by atomic mass is 9.93. The summed E-state index contributed by atoms with van der Waals surface area (Å²) in [7, 11) is 0. The van der Waals surface area contributed by atoms with E-state index in [4.69, 9.17) is 4.74 Å². The standard InChI is InChI=1S/C12H18BrNOS/c1-9(10-4-6-15-7-5-10)14-8-11-2-3-12(13)16-11/h2-3,9-10,14H,4-8H2,1H3. The van der Waals surface area contributed by atoms with Crippen LogP contribution in [0, 0.1) is 5.92 Å². The highest BCUT2D eigenvalue weighted by atomic mass is 79.9. The van der Waals surface area contributed by atoms with Crippen molar-refractivity contribution >= 4 is 27.3 Å². The maximum absolute atomic E-state index is 5.38. The van der Waals surface area contributed by atoms with Crippen LogP contribution < -0.4 is 5.32 Å². The Bertz CT molecular complexity index is 323. The van der Waals surface area contributed by atoms with Crippen LogP contribution in [0.4, 0.5) is 0 Å². The van der Waals surface area contributed by atoms with E-state index in [1.165, 1.54) is 21.5 Å². The van der Waals surface area contributed by atoms with Gasteiger partial charge in [-0.1, -0.05) is 0 Å². The predicted molar refractivity (Wildman–Crippen MR) is 71.9 cm³/mol. The summed E-state index contributed by atoms with van der Waals surface area (Å²) in [6.45, 7) is 5.13. The van der Waals surface area contributed by atoms with Gasteiger partial charge in [0.15, 0.2) is 0 Å². The molecule has 0 aromatic carbocycles. The quantitative estimate of drug-likeness (QED) is 0.920. The molecule has 0 saturated carbocycles. The summed E-state index contributed by atoms with van der Waals surface area (Å²) in [5.41, 5.74) is 0. The van der Waals surface area contributed by atoms with Crippen molar-refractivity contribution in [2.24, 2.45) is 5.92 Å². The molecule has 1 aliphatic heterocycles. The summed E-state index contributed by atoms with van der Waals surface area (Å²) >= 11 is 5.30. The molecule has 0 spiro atoms. The van der Waals surface area contributed by atoms with Crippen LogP contribution in [0.2, 0.25) is 0 Å². The maximum atomic E-state index is 5.38. The molecule has 1 aromatic rings. The van der Waals surface area contributed by atoms with Crippen LogP contribution in [-0.2, 0) is 11.3 Å². The minimum atomic E-state index is 0.588. The fraction of sp³-hybridized carbons (Fsp3) is 0.667. The molecule has 2 rings (SSSR count). The molecule has 1 aliphatic rings. The lowest BCUT2D eigenvalue weighted by Gasteiger charge is -2.28. The van der Waals surface area contributed by atoms with Crippen LogP contribution in [0.3, 0.4) is 0 Å². The van der Waals surface area contributed by atoms with Gasteiger partial charge in [-0.05, 0) is 53.7 Å². The van der Waals surface area contributed by atoms with Crippen LogP contribution in [-0.4, -0.2) is 19.3 Å². The molecular weight excluding hydrogens is 286 g/mol. The number of ether oxygens (including phenoxy) is 1. The molecule has 0 bridgehead atoms. The Hall–Kier alpha value is 0.1000. The fourth-order valence-electron chi connectivity index (χ4n) is 2.09. The van der Waals surface area contributed by atoms with E-state index in [2.05, 4.69) is 40.3 Å². The SMILES string of the molecule is CC(NCc1ccc(Br)s1)C1CCOCC1. The summed E-state index contributed by atoms with van der Waals surface area (Å²) in [6.07, 6.45) is 2.39. The van der Waals surface area contributed by atoms with Crippen molar-refractivity contribution < 1.29 is 4.74 Å². The molecule has 1 fully saturated rings. The zero-order chi connectivity index (χ0) is 11.4. The molecule has 0 radical (unpaired) electrons. The fourth-order valence-corrected chi connectivity index (χ4v) is 3.52. The molecule has 1 saturated heterocycles. The van der Waals surface area contributed by atoms with Crippen molar-refractivity contribution in [2.45, 2.75) is 32.4 Å². The van der Waals surface area contributed by atoms with Crippen molar-refractivity contribution in [3.63, 3.8) is 0 Å². The molecule has 2 heterocycles. The summed E-state index contributed by atoms with van der Waals surface area (Å²) in [5, 5.41) is 3.62. The molecule has 1 unspecified atom stereocenters. The highest BCUT2D eigenvalue weighted by Gasteiger charge is 2.19. The molecule has 16 heavy (non-hydrogen) atoms. The van der Waals surface area contributed by atoms with Crippen LogP contribution in [0.1, 0.15) is 24.6 Å². The van der Waals surface area contributed by atoms with Gasteiger partial charge in [-0.2, -0.15) is 0 Å². The Morgan fingerprint density at radius 3 is 2.88 bits per heavy atom. The van der Waals surface area contributed by atoms with Crippen molar-refractivity contribution in [3.05, 3.63) is 20.8 Å². The monoisotopic (exact) mass is 303 g/mol. The number of halogens is 1. The van der Waals surface area contributed by atoms with Crippen molar-refractivity contribution in [1.82, 2.24) is 5.32 Å². The Morgan fingerprint density at radius 1 is 1.50 bits per heavy atom. The number of hydrogen-bond donors (Lipinski definition) is 1. The highest BCUT2D eigenvalue weighted by molar-refractivity contribution is 9.11. The van der Waals surface area contributed by atoms with E-state index in [0.29, 0.717) is 6.04 Å². The van der Waals surface area contributed by atoms with Gasteiger partial charge >= 0.3 is 0 Å². The van der Waals surface area contributed by atoms with Crippen LogP contribution in [0.15, 0.2) is 15.9 Å². The molecule has 4 heteroatoms. The highest BCUT2D eigenvalue weighted by Crippen LogP contribution is 2.23. The first-order valence-corrected chi connectivity index (χ1v) is 7.42. The molecule has 2 nitrogen and oxygen atoms in total. The van der Waals surface area contributed by atoms with Crippen molar-refractivity contribution in [2.75, 3.05) is 13.2 Å². The maximum Gasteiger partial charge on any atom is 0.0701 e. The second-order valence-electron chi connectivity index (χ2n) is 4.33. The number of nitrogens with one attached hydrogen (secondary N) is 1. The minimum absolute atomic E-state index is 0.588. The lowest BCUT2D eigenvalue weighted by molar-refractivity contribution is 0.0558. The minimum Gasteiger partial charge on any atom is -0.381 e. The van der Waals surface area contributed by atoms with E-state index >= 15 is 0 Å². The lowest BCUT2D eigenvalue weighted by Crippen LogP contribution is -2.36. The summed E-state index contributed by atoms with van der Waals surface area (Å²) in [5.74, 6) is 0.775. The molecule has 0 amide bonds. The Labute approximate surface area is 110 Å². The van der Waals surface area contributed by atoms with Crippen molar-refractivity contribution in [3.8, 4) is 0 Å². The summed E-state index contributed by atoms with van der Waals surface area (Å²) in [6, 6.07) is 4.88. The zero-order valence-corrected chi connectivity index (χ0v) is 11.9. The van der Waals surface area contributed by atoms with Crippen molar-refractivity contribution in [1.29, 1.82) is 0 Å². The van der Waals surface area contributed by atoms with Gasteiger partial charge in [0.25, 0.3) is 0 Å². The topological polar surface area (TPSA) is 21.3 Å². The molecule has 1 N–H and O–H groups in total. The third-order valence-corrected chi connectivity index (χ3v) is 4.82. The van der Waals surface area contributed by atoms with Crippen LogP contribution >= 0.6 is 27.3 Å². The van der Waals surface area contributed by atoms with Gasteiger partial charge in [-0.25, -0.2) is 0 Å². The Morgan fingerprint density at radius 2 is 2.25 bits per heavy atom. The van der Waals surface area contributed by atoms with Gasteiger partial charge in [-0.15, -0.1) is 11.3 Å². The number of thiophene rings is 1. The Kier molecular flexibility index (Phi) is 4.82. The largest absolute Gasteiger partial charge is 0.381 e. The van der Waals surface area contributed by atoms with E-state index in [9.17, 15) is 0 Å². The van der Waals surface area contributed by atoms with Gasteiger partial charge in [0, 0.05) is 30.7 Å². The average molecular weight is 304 g/mol. The summed E-state index contributed by atoms with van der Waals surface area (Å²) < 4.78 is 6.60. The van der Waals surface area contributed by atoms with Crippen LogP contribution in [0.25, 0.3) is 0 Å². The molecule has 0 aliphatic carbocycles. The molecular formula is C12H18BrNOS. The van der Waals surface area contributed by atoms with Gasteiger partial charge in [0.05, 0.1) is 3.79 Å². The van der Waals surface area contributed by atoms with Gasteiger partial charge in [0.1, 0.15) is 0 Å². The molecule has 1 aromatic heterocycles. The van der Waals surface area contributed by atoms with Gasteiger partial charge in [0.2, 0.25) is 0 Å². The molecule has 90 valence electrons. The summed E-state index contributed by atoms with van der Waals surface area (Å²) in [4.78, 5) is 1.39. The van der Waals surface area contributed by atoms with E-state index in [1.807, 2.05) is 0 Å². The smallest absolute Gasteiger partial charge is 0.0701 e. The van der Waals surface area contributed by atoms with E-state index in [1.54, 1.807) is 11.3 Å². The number of rotatable bonds is 4. The third-order valence-electron chi connectivity index (χ3n) is 3.20. The average Bonchev–Trinajstić information content (AvgIpc) is 2.73. The Balaban J connectivity index is 1.76.